The van der Waals surface area contributed by atoms with Gasteiger partial charge in [-0.05, 0) is 23.0 Å². The van der Waals surface area contributed by atoms with Crippen LogP contribution in [0.1, 0.15) is 68.6 Å². The zero-order valence-electron chi connectivity index (χ0n) is 17.0. The number of aromatic nitrogens is 6. The Bertz CT molecular complexity index is 1090. The highest BCUT2D eigenvalue weighted by molar-refractivity contribution is 8.18. The maximum absolute atomic E-state index is 12.7. The Labute approximate surface area is 186 Å². The molecule has 0 saturated heterocycles. The molecule has 0 amide bonds. The van der Waals surface area contributed by atoms with E-state index in [9.17, 15) is 19.2 Å². The number of ketones is 4. The number of Topliss-reactive ketones (excluding diaryl/α,β-unsaturated/α-hetero) is 2. The van der Waals surface area contributed by atoms with Crippen LogP contribution in [-0.4, -0.2) is 58.2 Å². The molecule has 0 spiro atoms. The lowest BCUT2D eigenvalue weighted by atomic mass is 10.1. The molecule has 31 heavy (non-hydrogen) atoms. The maximum Gasteiger partial charge on any atom is 0.209 e. The molecule has 0 fully saturated rings. The van der Waals surface area contributed by atoms with Crippen molar-refractivity contribution in [2.75, 3.05) is 5.08 Å². The number of rotatable bonds is 7. The molecule has 0 unspecified atom stereocenters. The van der Waals surface area contributed by atoms with E-state index >= 15 is 0 Å². The number of nitrogens with zero attached hydrogens (tertiary/aromatic N) is 6. The second kappa shape index (κ2) is 10.4. The molecule has 10 nitrogen and oxygen atoms in total. The van der Waals surface area contributed by atoms with Gasteiger partial charge in [0.15, 0.2) is 23.0 Å². The van der Waals surface area contributed by atoms with Crippen molar-refractivity contribution in [1.82, 2.24) is 30.0 Å². The van der Waals surface area contributed by atoms with Gasteiger partial charge in [-0.1, -0.05) is 24.3 Å². The molecule has 1 aliphatic rings. The summed E-state index contributed by atoms with van der Waals surface area (Å²) in [6.45, 7) is 3.60. The number of thioether (sulfide) groups is 2. The van der Waals surface area contributed by atoms with Gasteiger partial charge in [-0.2, -0.15) is 0 Å². The van der Waals surface area contributed by atoms with Crippen LogP contribution in [0, 0.1) is 0 Å². The van der Waals surface area contributed by atoms with Crippen molar-refractivity contribution in [3.8, 4) is 0 Å². The SMILES string of the molecule is CCC(=O)c1nnn(CCn2nnc3c2C(=O)C=CSCSC=CC3=O)c1C(=O)CC. The zero-order valence-corrected chi connectivity index (χ0v) is 18.6. The van der Waals surface area contributed by atoms with Gasteiger partial charge in [0.2, 0.25) is 11.6 Å². The quantitative estimate of drug-likeness (QED) is 0.568. The third kappa shape index (κ3) is 5.07. The number of carbonyl (C=O) groups is 4. The smallest absolute Gasteiger partial charge is 0.209 e. The van der Waals surface area contributed by atoms with Gasteiger partial charge in [-0.25, -0.2) is 9.36 Å². The summed E-state index contributed by atoms with van der Waals surface area (Å²) in [6.07, 6.45) is 3.13. The van der Waals surface area contributed by atoms with E-state index in [1.54, 1.807) is 24.7 Å². The van der Waals surface area contributed by atoms with Crippen molar-refractivity contribution >= 4 is 46.7 Å². The van der Waals surface area contributed by atoms with Crippen LogP contribution in [0.25, 0.3) is 0 Å². The molecule has 0 bridgehead atoms. The Hall–Kier alpha value is -2.86. The van der Waals surface area contributed by atoms with Gasteiger partial charge < -0.3 is 0 Å². The molecule has 3 heterocycles. The summed E-state index contributed by atoms with van der Waals surface area (Å²) in [4.78, 5) is 49.7. The number of hydrogen-bond donors (Lipinski definition) is 0. The Morgan fingerprint density at radius 2 is 1.52 bits per heavy atom. The van der Waals surface area contributed by atoms with Crippen LogP contribution in [0.4, 0.5) is 0 Å². The standard InChI is InChI=1S/C19H20N6O4S2/c1-3-12(26)16-18(13(27)4-2)24(22-20-16)7-8-25-19-15(29)6-10-31-11-30-9-5-14(28)17(19)21-23-25/h5-6,9-10H,3-4,7-8,11H2,1-2H3. The molecule has 3 rings (SSSR count). The molecule has 0 aliphatic carbocycles. The Balaban J connectivity index is 1.93. The van der Waals surface area contributed by atoms with Crippen LogP contribution < -0.4 is 0 Å². The van der Waals surface area contributed by atoms with Gasteiger partial charge in [0.05, 0.1) is 13.1 Å². The van der Waals surface area contributed by atoms with Crippen LogP contribution in [0.2, 0.25) is 0 Å². The first kappa shape index (κ1) is 22.8. The van der Waals surface area contributed by atoms with Crippen molar-refractivity contribution in [3.05, 3.63) is 45.7 Å². The summed E-state index contributed by atoms with van der Waals surface area (Å²) in [7, 11) is 0. The molecular formula is C19H20N6O4S2. The number of hydrogen-bond acceptors (Lipinski definition) is 10. The number of fused-ring (bicyclic) bond motifs is 1. The van der Waals surface area contributed by atoms with E-state index in [0.29, 0.717) is 5.08 Å². The zero-order chi connectivity index (χ0) is 22.4. The van der Waals surface area contributed by atoms with Gasteiger partial charge in [0.1, 0.15) is 11.4 Å². The van der Waals surface area contributed by atoms with Crippen LogP contribution in [0.15, 0.2) is 23.0 Å². The molecule has 1 aliphatic heterocycles. The molecule has 0 aromatic carbocycles. The predicted molar refractivity (Wildman–Crippen MR) is 116 cm³/mol. The summed E-state index contributed by atoms with van der Waals surface area (Å²) < 4.78 is 2.65. The van der Waals surface area contributed by atoms with E-state index in [1.807, 2.05) is 0 Å². The highest BCUT2D eigenvalue weighted by atomic mass is 32.2. The summed E-state index contributed by atoms with van der Waals surface area (Å²) in [5, 5.41) is 19.7. The first-order valence-corrected chi connectivity index (χ1v) is 11.7. The molecule has 2 aromatic heterocycles. The third-order valence-electron chi connectivity index (χ3n) is 4.40. The summed E-state index contributed by atoms with van der Waals surface area (Å²) in [5.41, 5.74) is 0.206. The number of aryl methyl sites for hydroxylation is 2. The van der Waals surface area contributed by atoms with E-state index in [4.69, 9.17) is 0 Å². The highest BCUT2D eigenvalue weighted by Crippen LogP contribution is 2.18. The molecule has 12 heteroatoms. The van der Waals surface area contributed by atoms with E-state index in [0.717, 1.165) is 0 Å². The van der Waals surface area contributed by atoms with Crippen molar-refractivity contribution < 1.29 is 19.2 Å². The number of allylic oxidation sites excluding steroid dienone is 2. The molecule has 0 radical (unpaired) electrons. The number of carbonyl (C=O) groups excluding carboxylic acids is 4. The van der Waals surface area contributed by atoms with Gasteiger partial charge in [-0.3, -0.25) is 19.2 Å². The molecule has 2 aromatic rings. The lowest BCUT2D eigenvalue weighted by Crippen LogP contribution is -2.19. The first-order chi connectivity index (χ1) is 15.0. The minimum absolute atomic E-state index is 0.0382. The minimum atomic E-state index is -0.416. The average molecular weight is 461 g/mol. The van der Waals surface area contributed by atoms with E-state index in [-0.39, 0.29) is 60.3 Å². The van der Waals surface area contributed by atoms with Gasteiger partial charge >= 0.3 is 0 Å². The van der Waals surface area contributed by atoms with Crippen molar-refractivity contribution in [1.29, 1.82) is 0 Å². The average Bonchev–Trinajstić information content (AvgIpc) is 3.39. The normalized spacial score (nSPS) is 14.4. The highest BCUT2D eigenvalue weighted by Gasteiger charge is 2.25. The molecule has 0 saturated carbocycles. The minimum Gasteiger partial charge on any atom is -0.292 e. The Morgan fingerprint density at radius 1 is 0.903 bits per heavy atom. The topological polar surface area (TPSA) is 130 Å². The summed E-state index contributed by atoms with van der Waals surface area (Å²) in [5.74, 6) is -1.34. The molecule has 0 N–H and O–H groups in total. The first-order valence-electron chi connectivity index (χ1n) is 9.56. The molecule has 0 atom stereocenters. The molecular weight excluding hydrogens is 440 g/mol. The Kier molecular flexibility index (Phi) is 7.69. The van der Waals surface area contributed by atoms with Gasteiger partial charge in [-0.15, -0.1) is 33.7 Å². The Morgan fingerprint density at radius 3 is 2.19 bits per heavy atom. The van der Waals surface area contributed by atoms with Gasteiger partial charge in [0.25, 0.3) is 0 Å². The lowest BCUT2D eigenvalue weighted by molar-refractivity contribution is 0.0946. The van der Waals surface area contributed by atoms with E-state index < -0.39 is 11.6 Å². The van der Waals surface area contributed by atoms with Crippen LogP contribution in [0.5, 0.6) is 0 Å². The fourth-order valence-corrected chi connectivity index (χ4v) is 4.22. The van der Waals surface area contributed by atoms with Crippen LogP contribution in [-0.2, 0) is 13.1 Å². The largest absolute Gasteiger partial charge is 0.292 e. The van der Waals surface area contributed by atoms with Crippen molar-refractivity contribution in [2.24, 2.45) is 0 Å². The van der Waals surface area contributed by atoms with Crippen molar-refractivity contribution in [3.63, 3.8) is 0 Å². The van der Waals surface area contributed by atoms with Crippen LogP contribution in [0.3, 0.4) is 0 Å². The van der Waals surface area contributed by atoms with Gasteiger partial charge in [0, 0.05) is 17.9 Å². The van der Waals surface area contributed by atoms with Crippen molar-refractivity contribution in [2.45, 2.75) is 39.8 Å². The lowest BCUT2D eigenvalue weighted by Gasteiger charge is -2.08. The fourth-order valence-electron chi connectivity index (χ4n) is 2.83. The van der Waals surface area contributed by atoms with Crippen LogP contribution >= 0.6 is 23.5 Å². The fraction of sp³-hybridized carbons (Fsp3) is 0.368. The van der Waals surface area contributed by atoms with E-state index in [2.05, 4.69) is 20.6 Å². The second-order valence-electron chi connectivity index (χ2n) is 6.36. The summed E-state index contributed by atoms with van der Waals surface area (Å²) in [6, 6.07) is 0. The molecule has 162 valence electrons. The predicted octanol–water partition coefficient (Wildman–Crippen LogP) is 2.59. The summed E-state index contributed by atoms with van der Waals surface area (Å²) >= 11 is 2.87. The maximum atomic E-state index is 12.7. The monoisotopic (exact) mass is 460 g/mol. The second-order valence-corrected chi connectivity index (χ2v) is 8.51. The third-order valence-corrected chi connectivity index (χ3v) is 6.14. The van der Waals surface area contributed by atoms with E-state index in [1.165, 1.54) is 45.0 Å².